The van der Waals surface area contributed by atoms with Crippen molar-refractivity contribution in [3.8, 4) is 0 Å². The average Bonchev–Trinajstić information content (AvgIpc) is 2.20. The second-order valence-electron chi connectivity index (χ2n) is 0. The molecule has 0 N–H and O–H groups in total. The second kappa shape index (κ2) is 2610. The SMILES string of the molecule is [CH2-]C.[CH2-]C.[CH2-]C.[CH2-]C.[O]=[Ti]. The van der Waals surface area contributed by atoms with Gasteiger partial charge in [-0.15, -0.1) is 0 Å². The van der Waals surface area contributed by atoms with E-state index in [1.807, 2.05) is 0 Å². The summed E-state index contributed by atoms with van der Waals surface area (Å²) >= 11 is 0.750. The van der Waals surface area contributed by atoms with Crippen LogP contribution in [0.2, 0.25) is 0 Å². The van der Waals surface area contributed by atoms with Crippen LogP contribution in [0.1, 0.15) is 27.7 Å². The fourth-order valence-electron chi connectivity index (χ4n) is 0. The first kappa shape index (κ1) is 31.3. The van der Waals surface area contributed by atoms with Crippen molar-refractivity contribution in [3.05, 3.63) is 27.7 Å². The Hall–Kier alpha value is 0.514. The summed E-state index contributed by atoms with van der Waals surface area (Å²) in [6.45, 7) is 20.0. The molecular weight excluding hydrogens is 160 g/mol. The van der Waals surface area contributed by atoms with Crippen LogP contribution in [0, 0.1) is 27.7 Å². The molecule has 0 spiro atoms. The Bertz CT molecular complexity index is 9.22. The van der Waals surface area contributed by atoms with Gasteiger partial charge < -0.3 is 27.7 Å². The van der Waals surface area contributed by atoms with E-state index in [1.54, 1.807) is 27.7 Å². The molecule has 0 saturated heterocycles. The summed E-state index contributed by atoms with van der Waals surface area (Å²) in [4.78, 5) is 0. The normalized spacial score (nSPS) is 2.70. The molecular formula is C8H20OTi-4. The molecule has 0 aromatic rings. The fourth-order valence-corrected chi connectivity index (χ4v) is 0. The molecule has 0 atom stereocenters. The molecule has 0 amide bonds. The fraction of sp³-hybridized carbons (Fsp3) is 0.500. The molecule has 0 aliphatic carbocycles. The van der Waals surface area contributed by atoms with Crippen LogP contribution in [-0.2, 0) is 23.7 Å². The van der Waals surface area contributed by atoms with Gasteiger partial charge in [-0.3, -0.25) is 0 Å². The van der Waals surface area contributed by atoms with Crippen molar-refractivity contribution in [1.82, 2.24) is 0 Å². The molecule has 0 aliphatic rings. The molecule has 2 heteroatoms. The third kappa shape index (κ3) is 1820. The molecule has 0 saturated carbocycles. The quantitative estimate of drug-likeness (QED) is 0.413. The maximum atomic E-state index is 8.25. The monoisotopic (exact) mass is 180 g/mol. The van der Waals surface area contributed by atoms with Crippen LogP contribution in [-0.4, -0.2) is 0 Å². The Kier molecular flexibility index (Phi) is 8160. The summed E-state index contributed by atoms with van der Waals surface area (Å²) < 4.78 is 8.25. The second-order valence-corrected chi connectivity index (χ2v) is 0. The predicted molar refractivity (Wildman–Crippen MR) is 44.8 cm³/mol. The zero-order valence-electron chi connectivity index (χ0n) is 7.74. The van der Waals surface area contributed by atoms with E-state index in [9.17, 15) is 0 Å². The summed E-state index contributed by atoms with van der Waals surface area (Å²) in [6.07, 6.45) is 0. The third-order valence-corrected chi connectivity index (χ3v) is 0. The van der Waals surface area contributed by atoms with Gasteiger partial charge in [0.1, 0.15) is 0 Å². The van der Waals surface area contributed by atoms with Crippen LogP contribution in [0.25, 0.3) is 0 Å². The Morgan fingerprint density at radius 3 is 0.600 bits per heavy atom. The van der Waals surface area contributed by atoms with Crippen LogP contribution in [0.3, 0.4) is 0 Å². The van der Waals surface area contributed by atoms with Gasteiger partial charge in [-0.25, -0.2) is 0 Å². The molecule has 0 radical (unpaired) electrons. The summed E-state index contributed by atoms with van der Waals surface area (Å²) in [7, 11) is 0. The molecule has 0 unspecified atom stereocenters. The van der Waals surface area contributed by atoms with Gasteiger partial charge in [0.15, 0.2) is 0 Å². The Labute approximate surface area is 79.3 Å². The summed E-state index contributed by atoms with van der Waals surface area (Å²) in [6, 6.07) is 0. The van der Waals surface area contributed by atoms with Gasteiger partial charge in [0.2, 0.25) is 0 Å². The van der Waals surface area contributed by atoms with Gasteiger partial charge >= 0.3 is 23.7 Å². The molecule has 0 rings (SSSR count). The summed E-state index contributed by atoms with van der Waals surface area (Å²) in [5, 5.41) is 0. The first-order chi connectivity index (χ1) is 5.00. The standard InChI is InChI=1S/4C2H5.O.Ti/c4*1-2;;/h4*1H2,2H3;;/q4*-1;;. The van der Waals surface area contributed by atoms with E-state index in [1.165, 1.54) is 0 Å². The van der Waals surface area contributed by atoms with Gasteiger partial charge in [0, 0.05) is 0 Å². The van der Waals surface area contributed by atoms with E-state index >= 15 is 0 Å². The number of hydrogen-bond acceptors (Lipinski definition) is 1. The third-order valence-electron chi connectivity index (χ3n) is 0. The maximum absolute atomic E-state index is 8.25. The minimum atomic E-state index is 0.750. The molecule has 10 heavy (non-hydrogen) atoms. The van der Waals surface area contributed by atoms with Gasteiger partial charge in [-0.2, -0.15) is 27.7 Å². The Morgan fingerprint density at radius 1 is 0.600 bits per heavy atom. The molecule has 0 aromatic carbocycles. The minimum absolute atomic E-state index is 0.750. The Morgan fingerprint density at radius 2 is 0.600 bits per heavy atom. The number of rotatable bonds is 0. The molecule has 0 heterocycles. The zero-order valence-corrected chi connectivity index (χ0v) is 9.30. The van der Waals surface area contributed by atoms with Crippen LogP contribution in [0.5, 0.6) is 0 Å². The van der Waals surface area contributed by atoms with Crippen molar-refractivity contribution in [2.24, 2.45) is 0 Å². The number of hydrogen-bond donors (Lipinski definition) is 0. The molecule has 1 nitrogen and oxygen atoms in total. The van der Waals surface area contributed by atoms with Crippen molar-refractivity contribution >= 4 is 0 Å². The first-order valence-corrected chi connectivity index (χ1v) is 3.67. The van der Waals surface area contributed by atoms with E-state index in [0.717, 1.165) is 20.4 Å². The van der Waals surface area contributed by atoms with Crippen LogP contribution in [0.4, 0.5) is 0 Å². The van der Waals surface area contributed by atoms with Crippen molar-refractivity contribution in [3.63, 3.8) is 0 Å². The van der Waals surface area contributed by atoms with E-state index in [4.69, 9.17) is 3.32 Å². The zero-order chi connectivity index (χ0) is 10.0. The van der Waals surface area contributed by atoms with E-state index in [-0.39, 0.29) is 0 Å². The van der Waals surface area contributed by atoms with Gasteiger partial charge in [-0.1, -0.05) is 0 Å². The van der Waals surface area contributed by atoms with E-state index < -0.39 is 0 Å². The first-order valence-electron chi connectivity index (χ1n) is 3.03. The van der Waals surface area contributed by atoms with Crippen LogP contribution < -0.4 is 0 Å². The predicted octanol–water partition coefficient (Wildman–Crippen LogP) is 3.24. The summed E-state index contributed by atoms with van der Waals surface area (Å²) in [5.74, 6) is 0. The van der Waals surface area contributed by atoms with Crippen molar-refractivity contribution in [2.75, 3.05) is 0 Å². The average molecular weight is 180 g/mol. The van der Waals surface area contributed by atoms with Crippen LogP contribution in [0.15, 0.2) is 0 Å². The molecule has 66 valence electrons. The van der Waals surface area contributed by atoms with Crippen molar-refractivity contribution in [1.29, 1.82) is 0 Å². The molecule has 0 aromatic heterocycles. The van der Waals surface area contributed by atoms with Gasteiger partial charge in [0.05, 0.1) is 0 Å². The summed E-state index contributed by atoms with van der Waals surface area (Å²) in [5.41, 5.74) is 0. The Balaban J connectivity index is -0.0000000104. The van der Waals surface area contributed by atoms with Crippen molar-refractivity contribution < 1.29 is 23.7 Å². The van der Waals surface area contributed by atoms with Crippen molar-refractivity contribution in [2.45, 2.75) is 27.7 Å². The topological polar surface area (TPSA) is 17.1 Å². The molecule has 0 bridgehead atoms. The van der Waals surface area contributed by atoms with E-state index in [2.05, 4.69) is 27.7 Å². The van der Waals surface area contributed by atoms with E-state index in [0.29, 0.717) is 0 Å². The van der Waals surface area contributed by atoms with Gasteiger partial charge in [0.25, 0.3) is 0 Å². The van der Waals surface area contributed by atoms with Gasteiger partial charge in [-0.05, 0) is 0 Å². The molecule has 0 aliphatic heterocycles. The molecule has 0 fully saturated rings. The van der Waals surface area contributed by atoms with Crippen LogP contribution >= 0.6 is 0 Å².